The lowest BCUT2D eigenvalue weighted by atomic mass is 10.0. The van der Waals surface area contributed by atoms with Crippen molar-refractivity contribution in [3.05, 3.63) is 90.5 Å². The van der Waals surface area contributed by atoms with Crippen LogP contribution < -0.4 is 10.6 Å². The maximum absolute atomic E-state index is 13.0. The lowest BCUT2D eigenvalue weighted by molar-refractivity contribution is -0.119. The maximum Gasteiger partial charge on any atom is 0.335 e. The van der Waals surface area contributed by atoms with E-state index < -0.39 is 12.0 Å². The number of likely N-dealkylation sites (tertiary alicyclic amines) is 1. The van der Waals surface area contributed by atoms with Crippen LogP contribution >= 0.6 is 0 Å². The molecule has 1 saturated heterocycles. The summed E-state index contributed by atoms with van der Waals surface area (Å²) in [4.78, 5) is 38.4. The lowest BCUT2D eigenvalue weighted by Gasteiger charge is -2.24. The number of carbonyl (C=O) groups is 3. The molecule has 3 aromatic carbocycles. The summed E-state index contributed by atoms with van der Waals surface area (Å²) >= 11 is 0. The summed E-state index contributed by atoms with van der Waals surface area (Å²) < 4.78 is 0. The van der Waals surface area contributed by atoms with Gasteiger partial charge in [-0.1, -0.05) is 48.6 Å². The third-order valence-corrected chi connectivity index (χ3v) is 6.06. The Morgan fingerprint density at radius 2 is 1.34 bits per heavy atom. The van der Waals surface area contributed by atoms with Gasteiger partial charge in [-0.25, -0.2) is 9.59 Å². The van der Waals surface area contributed by atoms with Gasteiger partial charge in [-0.3, -0.25) is 4.79 Å². The van der Waals surface area contributed by atoms with E-state index in [1.165, 1.54) is 0 Å². The number of rotatable bonds is 6. The van der Waals surface area contributed by atoms with Gasteiger partial charge >= 0.3 is 12.0 Å². The van der Waals surface area contributed by atoms with Gasteiger partial charge in [-0.05, 0) is 72.9 Å². The normalized spacial score (nSPS) is 14.9. The monoisotopic (exact) mass is 469 g/mol. The zero-order valence-corrected chi connectivity index (χ0v) is 19.5. The molecule has 178 valence electrons. The Morgan fingerprint density at radius 1 is 0.829 bits per heavy atom. The number of carboxylic acid groups (broad SMARTS) is 1. The Morgan fingerprint density at radius 3 is 1.91 bits per heavy atom. The van der Waals surface area contributed by atoms with Gasteiger partial charge in [-0.2, -0.15) is 0 Å². The van der Waals surface area contributed by atoms with Crippen LogP contribution in [0.4, 0.5) is 16.2 Å². The van der Waals surface area contributed by atoms with Crippen molar-refractivity contribution in [3.63, 3.8) is 0 Å². The first-order valence-electron chi connectivity index (χ1n) is 11.4. The number of anilines is 2. The van der Waals surface area contributed by atoms with E-state index in [0.717, 1.165) is 28.7 Å². The van der Waals surface area contributed by atoms with Crippen LogP contribution in [0.5, 0.6) is 0 Å². The van der Waals surface area contributed by atoms with Crippen LogP contribution in [0.3, 0.4) is 0 Å². The van der Waals surface area contributed by atoms with E-state index in [9.17, 15) is 14.4 Å². The van der Waals surface area contributed by atoms with Crippen molar-refractivity contribution in [2.24, 2.45) is 0 Å². The van der Waals surface area contributed by atoms with Gasteiger partial charge in [0.1, 0.15) is 6.04 Å². The number of hydrogen-bond acceptors (Lipinski definition) is 3. The van der Waals surface area contributed by atoms with Gasteiger partial charge in [0.25, 0.3) is 0 Å². The minimum absolute atomic E-state index is 0.228. The van der Waals surface area contributed by atoms with E-state index >= 15 is 0 Å². The van der Waals surface area contributed by atoms with Crippen LogP contribution in [-0.4, -0.2) is 40.5 Å². The number of aromatic carboxylic acids is 1. The summed E-state index contributed by atoms with van der Waals surface area (Å²) in [7, 11) is 0. The number of carbonyl (C=O) groups excluding carboxylic acids is 2. The first-order chi connectivity index (χ1) is 16.8. The number of urea groups is 1. The van der Waals surface area contributed by atoms with E-state index in [0.29, 0.717) is 24.3 Å². The highest BCUT2D eigenvalue weighted by atomic mass is 16.4. The lowest BCUT2D eigenvalue weighted by Crippen LogP contribution is -2.45. The first kappa shape index (κ1) is 23.8. The Bertz CT molecular complexity index is 1250. The van der Waals surface area contributed by atoms with Gasteiger partial charge in [0.2, 0.25) is 5.91 Å². The number of carboxylic acids is 1. The molecular formula is C28H27N3O4. The van der Waals surface area contributed by atoms with Crippen LogP contribution in [0.2, 0.25) is 0 Å². The van der Waals surface area contributed by atoms with Crippen molar-refractivity contribution in [2.45, 2.75) is 25.8 Å². The van der Waals surface area contributed by atoms with Crippen LogP contribution in [0, 0.1) is 0 Å². The number of hydrogen-bond donors (Lipinski definition) is 3. The number of nitrogens with zero attached hydrogens (tertiary/aromatic N) is 1. The zero-order chi connectivity index (χ0) is 24.9. The van der Waals surface area contributed by atoms with Gasteiger partial charge < -0.3 is 20.6 Å². The molecule has 3 N–H and O–H groups in total. The van der Waals surface area contributed by atoms with E-state index in [4.69, 9.17) is 5.11 Å². The molecule has 7 nitrogen and oxygen atoms in total. The number of amides is 3. The smallest absolute Gasteiger partial charge is 0.335 e. The van der Waals surface area contributed by atoms with Crippen molar-refractivity contribution in [2.75, 3.05) is 17.2 Å². The molecule has 1 aliphatic rings. The topological polar surface area (TPSA) is 98.7 Å². The molecule has 1 fully saturated rings. The molecule has 0 aliphatic carbocycles. The molecule has 0 radical (unpaired) electrons. The highest BCUT2D eigenvalue weighted by Gasteiger charge is 2.34. The molecule has 4 rings (SSSR count). The SMILES string of the molecule is C=C(C)c1ccc(NC(=O)N2CCC[C@H]2C(=O)Nc2ccc(-c3ccc(C(=O)O)cc3)cc2)cc1. The van der Waals surface area contributed by atoms with Crippen LogP contribution in [0.15, 0.2) is 79.4 Å². The molecule has 1 aliphatic heterocycles. The van der Waals surface area contributed by atoms with Crippen LogP contribution in [0.25, 0.3) is 16.7 Å². The minimum atomic E-state index is -0.968. The van der Waals surface area contributed by atoms with Gasteiger partial charge in [0, 0.05) is 17.9 Å². The Kier molecular flexibility index (Phi) is 6.96. The van der Waals surface area contributed by atoms with Crippen LogP contribution in [-0.2, 0) is 4.79 Å². The summed E-state index contributed by atoms with van der Waals surface area (Å²) in [5.74, 6) is -1.20. The predicted octanol–water partition coefficient (Wildman–Crippen LogP) is 5.72. The summed E-state index contributed by atoms with van der Waals surface area (Å²) in [6, 6.07) is 20.5. The Labute approximate surface area is 204 Å². The number of allylic oxidation sites excluding steroid dienone is 1. The van der Waals surface area contributed by atoms with E-state index in [1.807, 2.05) is 43.3 Å². The summed E-state index contributed by atoms with van der Waals surface area (Å²) in [6.07, 6.45) is 1.35. The second-order valence-electron chi connectivity index (χ2n) is 8.59. The predicted molar refractivity (Wildman–Crippen MR) is 137 cm³/mol. The van der Waals surface area contributed by atoms with Crippen LogP contribution in [0.1, 0.15) is 35.7 Å². The molecule has 0 unspecified atom stereocenters. The summed E-state index contributed by atoms with van der Waals surface area (Å²) in [5.41, 5.74) is 5.25. The van der Waals surface area contributed by atoms with Crippen molar-refractivity contribution >= 4 is 34.9 Å². The average Bonchev–Trinajstić information content (AvgIpc) is 3.35. The van der Waals surface area contributed by atoms with Gasteiger partial charge in [0.05, 0.1) is 5.56 Å². The highest BCUT2D eigenvalue weighted by Crippen LogP contribution is 2.24. The van der Waals surface area contributed by atoms with Crippen molar-refractivity contribution in [3.8, 4) is 11.1 Å². The van der Waals surface area contributed by atoms with Crippen molar-refractivity contribution in [1.29, 1.82) is 0 Å². The zero-order valence-electron chi connectivity index (χ0n) is 19.5. The fourth-order valence-electron chi connectivity index (χ4n) is 4.09. The molecule has 3 aromatic rings. The van der Waals surface area contributed by atoms with E-state index in [2.05, 4.69) is 17.2 Å². The van der Waals surface area contributed by atoms with Crippen molar-refractivity contribution < 1.29 is 19.5 Å². The minimum Gasteiger partial charge on any atom is -0.478 e. The molecule has 0 aromatic heterocycles. The van der Waals surface area contributed by atoms with Gasteiger partial charge in [-0.15, -0.1) is 0 Å². The standard InChI is InChI=1S/C28H27N3O4/c1-18(2)19-9-13-24(14-10-19)30-28(35)31-17-3-4-25(31)26(32)29-23-15-11-21(12-16-23)20-5-7-22(8-6-20)27(33)34/h5-16,25H,1,3-4,17H2,2H3,(H,29,32)(H,30,35)(H,33,34)/t25-/m0/s1. The summed E-state index contributed by atoms with van der Waals surface area (Å²) in [5, 5.41) is 14.8. The Balaban J connectivity index is 1.38. The molecular weight excluding hydrogens is 442 g/mol. The number of benzene rings is 3. The summed E-state index contributed by atoms with van der Waals surface area (Å²) in [6.45, 7) is 6.35. The molecule has 35 heavy (non-hydrogen) atoms. The maximum atomic E-state index is 13.0. The molecule has 1 atom stereocenters. The quantitative estimate of drug-likeness (QED) is 0.430. The number of nitrogens with one attached hydrogen (secondary N) is 2. The molecule has 0 saturated carbocycles. The molecule has 7 heteroatoms. The van der Waals surface area contributed by atoms with Crippen molar-refractivity contribution in [1.82, 2.24) is 4.90 Å². The molecule has 0 bridgehead atoms. The fraction of sp³-hybridized carbons (Fsp3) is 0.179. The second-order valence-corrected chi connectivity index (χ2v) is 8.59. The second kappa shape index (κ2) is 10.3. The third kappa shape index (κ3) is 5.58. The average molecular weight is 470 g/mol. The molecule has 1 heterocycles. The Hall–Kier alpha value is -4.39. The highest BCUT2D eigenvalue weighted by molar-refractivity contribution is 5.99. The van der Waals surface area contributed by atoms with E-state index in [1.54, 1.807) is 41.3 Å². The molecule has 0 spiro atoms. The molecule has 3 amide bonds. The largest absolute Gasteiger partial charge is 0.478 e. The fourth-order valence-corrected chi connectivity index (χ4v) is 4.09. The van der Waals surface area contributed by atoms with Gasteiger partial charge in [0.15, 0.2) is 0 Å². The first-order valence-corrected chi connectivity index (χ1v) is 11.4. The third-order valence-electron chi connectivity index (χ3n) is 6.06. The van der Waals surface area contributed by atoms with E-state index in [-0.39, 0.29) is 17.5 Å².